The van der Waals surface area contributed by atoms with Crippen LogP contribution in [0.1, 0.15) is 39.3 Å². The molecule has 1 rings (SSSR count). The van der Waals surface area contributed by atoms with Crippen LogP contribution in [0.25, 0.3) is 0 Å². The van der Waals surface area contributed by atoms with Gasteiger partial charge in [-0.15, -0.1) is 0 Å². The summed E-state index contributed by atoms with van der Waals surface area (Å²) in [6.07, 6.45) is 0. The van der Waals surface area contributed by atoms with Crippen molar-refractivity contribution in [3.8, 4) is 0 Å². The zero-order chi connectivity index (χ0) is 13.8. The number of halogens is 2. The van der Waals surface area contributed by atoms with Gasteiger partial charge in [-0.2, -0.15) is 0 Å². The average molecular weight is 318 g/mol. The lowest BCUT2D eigenvalue weighted by Gasteiger charge is -2.27. The number of ether oxygens (including phenoxy) is 1. The van der Waals surface area contributed by atoms with Gasteiger partial charge in [0.05, 0.1) is 5.60 Å². The van der Waals surface area contributed by atoms with E-state index in [1.165, 1.54) is 6.07 Å². The highest BCUT2D eigenvalue weighted by atomic mass is 79.9. The van der Waals surface area contributed by atoms with Crippen LogP contribution in [0.5, 0.6) is 0 Å². The van der Waals surface area contributed by atoms with Crippen molar-refractivity contribution in [2.45, 2.75) is 39.3 Å². The van der Waals surface area contributed by atoms with Gasteiger partial charge in [-0.1, -0.05) is 15.9 Å². The van der Waals surface area contributed by atoms with Gasteiger partial charge in [-0.05, 0) is 45.9 Å². The summed E-state index contributed by atoms with van der Waals surface area (Å²) in [7, 11) is 0. The topological polar surface area (TPSA) is 21.3 Å². The number of hydrogen-bond donors (Lipinski definition) is 1. The summed E-state index contributed by atoms with van der Waals surface area (Å²) in [4.78, 5) is 0. The smallest absolute Gasteiger partial charge is 0.128 e. The molecule has 2 nitrogen and oxygen atoms in total. The molecule has 18 heavy (non-hydrogen) atoms. The fraction of sp³-hybridized carbons (Fsp3) is 0.571. The molecule has 1 aromatic carbocycles. The van der Waals surface area contributed by atoms with Crippen molar-refractivity contribution in [1.29, 1.82) is 0 Å². The Morgan fingerprint density at radius 1 is 1.44 bits per heavy atom. The Hall–Kier alpha value is -0.450. The minimum atomic E-state index is -0.245. The van der Waals surface area contributed by atoms with Crippen LogP contribution in [0.15, 0.2) is 22.7 Å². The maximum Gasteiger partial charge on any atom is 0.128 e. The summed E-state index contributed by atoms with van der Waals surface area (Å²) < 4.78 is 20.2. The van der Waals surface area contributed by atoms with Crippen molar-refractivity contribution in [2.75, 3.05) is 13.2 Å². The molecule has 0 spiro atoms. The predicted octanol–water partition coefficient (Wildman–Crippen LogP) is 4.05. The Bertz CT molecular complexity index is 395. The SMILES string of the molecule is CCOC(C)(C)CNC(C)c1cc(Br)ccc1F. The summed E-state index contributed by atoms with van der Waals surface area (Å²) in [6.45, 7) is 9.31. The molecule has 4 heteroatoms. The molecule has 0 bridgehead atoms. The molecule has 0 aliphatic carbocycles. The van der Waals surface area contributed by atoms with Gasteiger partial charge in [0.15, 0.2) is 0 Å². The first kappa shape index (κ1) is 15.6. The monoisotopic (exact) mass is 317 g/mol. The van der Waals surface area contributed by atoms with Crippen LogP contribution in [0.3, 0.4) is 0 Å². The lowest BCUT2D eigenvalue weighted by molar-refractivity contribution is -0.0104. The van der Waals surface area contributed by atoms with E-state index >= 15 is 0 Å². The second-order valence-electron chi connectivity index (χ2n) is 4.96. The molecule has 0 radical (unpaired) electrons. The normalized spacial score (nSPS) is 13.7. The van der Waals surface area contributed by atoms with E-state index < -0.39 is 0 Å². The molecule has 1 atom stereocenters. The summed E-state index contributed by atoms with van der Waals surface area (Å²) in [6, 6.07) is 4.93. The van der Waals surface area contributed by atoms with E-state index in [1.807, 2.05) is 27.7 Å². The van der Waals surface area contributed by atoms with E-state index in [1.54, 1.807) is 12.1 Å². The van der Waals surface area contributed by atoms with Gasteiger partial charge < -0.3 is 10.1 Å². The number of benzene rings is 1. The van der Waals surface area contributed by atoms with Crippen LogP contribution in [-0.4, -0.2) is 18.8 Å². The zero-order valence-corrected chi connectivity index (χ0v) is 13.0. The Morgan fingerprint density at radius 2 is 2.11 bits per heavy atom. The van der Waals surface area contributed by atoms with Crippen molar-refractivity contribution >= 4 is 15.9 Å². The minimum absolute atomic E-state index is 0.0535. The zero-order valence-electron chi connectivity index (χ0n) is 11.4. The molecule has 0 fully saturated rings. The van der Waals surface area contributed by atoms with E-state index in [0.717, 1.165) is 4.47 Å². The molecule has 0 heterocycles. The number of rotatable bonds is 6. The van der Waals surface area contributed by atoms with Crippen LogP contribution in [0, 0.1) is 5.82 Å². The van der Waals surface area contributed by atoms with Crippen molar-refractivity contribution in [3.63, 3.8) is 0 Å². The highest BCUT2D eigenvalue weighted by molar-refractivity contribution is 9.10. The number of nitrogens with one attached hydrogen (secondary N) is 1. The second kappa shape index (κ2) is 6.64. The van der Waals surface area contributed by atoms with Crippen LogP contribution in [0.4, 0.5) is 4.39 Å². The molecule has 0 aliphatic rings. The summed E-state index contributed by atoms with van der Waals surface area (Å²) in [5.74, 6) is -0.188. The Morgan fingerprint density at radius 3 is 2.72 bits per heavy atom. The van der Waals surface area contributed by atoms with E-state index in [0.29, 0.717) is 18.7 Å². The third kappa shape index (κ3) is 4.67. The quantitative estimate of drug-likeness (QED) is 0.854. The van der Waals surface area contributed by atoms with Crippen LogP contribution < -0.4 is 5.32 Å². The van der Waals surface area contributed by atoms with Gasteiger partial charge in [0.1, 0.15) is 5.82 Å². The van der Waals surface area contributed by atoms with Gasteiger partial charge in [-0.3, -0.25) is 0 Å². The van der Waals surface area contributed by atoms with E-state index in [-0.39, 0.29) is 17.5 Å². The largest absolute Gasteiger partial charge is 0.375 e. The van der Waals surface area contributed by atoms with Gasteiger partial charge >= 0.3 is 0 Å². The van der Waals surface area contributed by atoms with Crippen molar-refractivity contribution in [3.05, 3.63) is 34.1 Å². The third-order valence-electron chi connectivity index (χ3n) is 2.79. The second-order valence-corrected chi connectivity index (χ2v) is 5.88. The minimum Gasteiger partial charge on any atom is -0.375 e. The van der Waals surface area contributed by atoms with Gasteiger partial charge in [0, 0.05) is 29.2 Å². The highest BCUT2D eigenvalue weighted by Crippen LogP contribution is 2.22. The van der Waals surface area contributed by atoms with Gasteiger partial charge in [0.2, 0.25) is 0 Å². The van der Waals surface area contributed by atoms with E-state index in [4.69, 9.17) is 4.74 Å². The first-order valence-electron chi connectivity index (χ1n) is 6.18. The Labute approximate surface area is 117 Å². The predicted molar refractivity (Wildman–Crippen MR) is 76.2 cm³/mol. The Kier molecular flexibility index (Phi) is 5.76. The van der Waals surface area contributed by atoms with Crippen molar-refractivity contribution in [2.24, 2.45) is 0 Å². The summed E-state index contributed by atoms with van der Waals surface area (Å²) in [5.41, 5.74) is 0.419. The van der Waals surface area contributed by atoms with Crippen LogP contribution in [-0.2, 0) is 4.74 Å². The standard InChI is InChI=1S/C14H21BrFNO/c1-5-18-14(3,4)9-17-10(2)12-8-11(15)6-7-13(12)16/h6-8,10,17H,5,9H2,1-4H3. The lowest BCUT2D eigenvalue weighted by atomic mass is 10.1. The molecule has 0 amide bonds. The van der Waals surface area contributed by atoms with E-state index in [2.05, 4.69) is 21.2 Å². The van der Waals surface area contributed by atoms with Crippen LogP contribution in [0.2, 0.25) is 0 Å². The molecule has 1 aromatic rings. The first-order valence-corrected chi connectivity index (χ1v) is 6.97. The van der Waals surface area contributed by atoms with E-state index in [9.17, 15) is 4.39 Å². The highest BCUT2D eigenvalue weighted by Gasteiger charge is 2.19. The fourth-order valence-electron chi connectivity index (χ4n) is 1.80. The molecular weight excluding hydrogens is 297 g/mol. The Balaban J connectivity index is 2.65. The maximum atomic E-state index is 13.7. The molecule has 0 saturated carbocycles. The van der Waals surface area contributed by atoms with Crippen LogP contribution >= 0.6 is 15.9 Å². The first-order chi connectivity index (χ1) is 8.35. The van der Waals surface area contributed by atoms with Gasteiger partial charge in [-0.25, -0.2) is 4.39 Å². The molecule has 0 aromatic heterocycles. The third-order valence-corrected chi connectivity index (χ3v) is 3.29. The summed E-state index contributed by atoms with van der Waals surface area (Å²) in [5, 5.41) is 3.31. The average Bonchev–Trinajstić information content (AvgIpc) is 2.29. The molecule has 0 saturated heterocycles. The molecule has 0 aliphatic heterocycles. The molecule has 102 valence electrons. The van der Waals surface area contributed by atoms with Crippen molar-refractivity contribution < 1.29 is 9.13 Å². The van der Waals surface area contributed by atoms with Crippen molar-refractivity contribution in [1.82, 2.24) is 5.32 Å². The maximum absolute atomic E-state index is 13.7. The molecule has 1 unspecified atom stereocenters. The number of hydrogen-bond acceptors (Lipinski definition) is 2. The summed E-state index contributed by atoms with van der Waals surface area (Å²) >= 11 is 3.36. The lowest BCUT2D eigenvalue weighted by Crippen LogP contribution is -2.38. The molecule has 1 N–H and O–H groups in total. The fourth-order valence-corrected chi connectivity index (χ4v) is 2.18. The molecular formula is C14H21BrFNO. The van der Waals surface area contributed by atoms with Gasteiger partial charge in [0.25, 0.3) is 0 Å².